The molecule has 0 saturated heterocycles. The van der Waals surface area contributed by atoms with E-state index in [-0.39, 0.29) is 24.5 Å². The summed E-state index contributed by atoms with van der Waals surface area (Å²) in [6.45, 7) is 4.35. The van der Waals surface area contributed by atoms with Crippen molar-refractivity contribution in [2.45, 2.75) is 25.9 Å². The molecule has 20 heavy (non-hydrogen) atoms. The highest BCUT2D eigenvalue weighted by atomic mass is 16.1. The number of hydrogen-bond donors (Lipinski definition) is 2. The van der Waals surface area contributed by atoms with Gasteiger partial charge in [0, 0.05) is 36.5 Å². The topological polar surface area (TPSA) is 71.8 Å². The molecule has 6 heteroatoms. The van der Waals surface area contributed by atoms with E-state index in [0.717, 1.165) is 5.69 Å². The van der Waals surface area contributed by atoms with Gasteiger partial charge in [0.05, 0.1) is 12.6 Å². The molecule has 2 aromatic rings. The summed E-state index contributed by atoms with van der Waals surface area (Å²) in [4.78, 5) is 15.7. The van der Waals surface area contributed by atoms with E-state index in [1.165, 1.54) is 0 Å². The average molecular weight is 273 g/mol. The summed E-state index contributed by atoms with van der Waals surface area (Å²) in [5, 5.41) is 10.2. The highest BCUT2D eigenvalue weighted by Crippen LogP contribution is 2.08. The molecule has 0 aliphatic rings. The molecule has 0 aliphatic carbocycles. The number of rotatable bonds is 6. The molecule has 106 valence electrons. The van der Waals surface area contributed by atoms with Crippen molar-refractivity contribution in [3.8, 4) is 0 Å². The Balaban J connectivity index is 1.78. The SMILES string of the molecule is C[C@H](NCC(=O)Nc1ccncc1)[C@H](C)n1cccn1. The summed E-state index contributed by atoms with van der Waals surface area (Å²) >= 11 is 0. The number of amides is 1. The summed E-state index contributed by atoms with van der Waals surface area (Å²) in [7, 11) is 0. The molecule has 2 heterocycles. The molecular formula is C14H19N5O. The molecule has 2 N–H and O–H groups in total. The van der Waals surface area contributed by atoms with Gasteiger partial charge in [0.15, 0.2) is 0 Å². The van der Waals surface area contributed by atoms with Crippen molar-refractivity contribution in [2.75, 3.05) is 11.9 Å². The summed E-state index contributed by atoms with van der Waals surface area (Å²) in [6, 6.07) is 5.72. The van der Waals surface area contributed by atoms with Gasteiger partial charge < -0.3 is 10.6 Å². The average Bonchev–Trinajstić information content (AvgIpc) is 2.99. The van der Waals surface area contributed by atoms with Crippen molar-refractivity contribution < 1.29 is 4.79 Å². The molecule has 0 radical (unpaired) electrons. The molecule has 6 nitrogen and oxygen atoms in total. The van der Waals surface area contributed by atoms with Crippen LogP contribution in [0.2, 0.25) is 0 Å². The van der Waals surface area contributed by atoms with Gasteiger partial charge in [-0.25, -0.2) is 0 Å². The molecule has 2 rings (SSSR count). The standard InChI is InChI=1S/C14H19N5O/c1-11(12(2)19-9-3-6-17-19)16-10-14(20)18-13-4-7-15-8-5-13/h3-9,11-12,16H,10H2,1-2H3,(H,15,18,20)/t11-,12-/m0/s1. The maximum Gasteiger partial charge on any atom is 0.238 e. The fraction of sp³-hybridized carbons (Fsp3) is 0.357. The van der Waals surface area contributed by atoms with Crippen LogP contribution in [0.15, 0.2) is 43.0 Å². The molecule has 0 aromatic carbocycles. The summed E-state index contributed by atoms with van der Waals surface area (Å²) in [6.07, 6.45) is 6.95. The lowest BCUT2D eigenvalue weighted by molar-refractivity contribution is -0.115. The Morgan fingerprint density at radius 2 is 2.05 bits per heavy atom. The van der Waals surface area contributed by atoms with Crippen LogP contribution in [0.4, 0.5) is 5.69 Å². The highest BCUT2D eigenvalue weighted by Gasteiger charge is 2.14. The maximum absolute atomic E-state index is 11.8. The third-order valence-electron chi connectivity index (χ3n) is 3.21. The van der Waals surface area contributed by atoms with Crippen molar-refractivity contribution >= 4 is 11.6 Å². The van der Waals surface area contributed by atoms with Crippen LogP contribution >= 0.6 is 0 Å². The zero-order valence-electron chi connectivity index (χ0n) is 11.7. The van der Waals surface area contributed by atoms with Gasteiger partial charge in [0.2, 0.25) is 5.91 Å². The summed E-state index contributed by atoms with van der Waals surface area (Å²) in [5.41, 5.74) is 0.750. The van der Waals surface area contributed by atoms with E-state index in [2.05, 4.69) is 27.6 Å². The summed E-state index contributed by atoms with van der Waals surface area (Å²) in [5.74, 6) is -0.0734. The second-order valence-electron chi connectivity index (χ2n) is 4.68. The number of nitrogens with zero attached hydrogens (tertiary/aromatic N) is 3. The number of anilines is 1. The number of nitrogens with one attached hydrogen (secondary N) is 2. The predicted octanol–water partition coefficient (Wildman–Crippen LogP) is 1.46. The number of hydrogen-bond acceptors (Lipinski definition) is 4. The Labute approximate surface area is 118 Å². The van der Waals surface area contributed by atoms with Crippen molar-refractivity contribution in [3.63, 3.8) is 0 Å². The smallest absolute Gasteiger partial charge is 0.238 e. The van der Waals surface area contributed by atoms with Gasteiger partial charge in [0.1, 0.15) is 0 Å². The Morgan fingerprint density at radius 3 is 2.70 bits per heavy atom. The van der Waals surface area contributed by atoms with Crippen LogP contribution in [0.5, 0.6) is 0 Å². The van der Waals surface area contributed by atoms with E-state index in [4.69, 9.17) is 0 Å². The lowest BCUT2D eigenvalue weighted by Gasteiger charge is -2.21. The van der Waals surface area contributed by atoms with Crippen molar-refractivity contribution in [2.24, 2.45) is 0 Å². The summed E-state index contributed by atoms with van der Waals surface area (Å²) < 4.78 is 1.87. The third kappa shape index (κ3) is 3.89. The number of pyridine rings is 1. The fourth-order valence-corrected chi connectivity index (χ4v) is 1.82. The third-order valence-corrected chi connectivity index (χ3v) is 3.21. The Hall–Kier alpha value is -2.21. The van der Waals surface area contributed by atoms with Crippen molar-refractivity contribution in [1.29, 1.82) is 0 Å². The molecule has 2 aromatic heterocycles. The molecule has 1 amide bonds. The quantitative estimate of drug-likeness (QED) is 0.835. The number of carbonyl (C=O) groups excluding carboxylic acids is 1. The van der Waals surface area contributed by atoms with E-state index in [0.29, 0.717) is 0 Å². The first-order valence-corrected chi connectivity index (χ1v) is 6.59. The number of aromatic nitrogens is 3. The molecule has 0 bridgehead atoms. The Kier molecular flexibility index (Phi) is 4.84. The van der Waals surface area contributed by atoms with Gasteiger partial charge in [-0.15, -0.1) is 0 Å². The zero-order valence-corrected chi connectivity index (χ0v) is 11.7. The van der Waals surface area contributed by atoms with E-state index in [9.17, 15) is 4.79 Å². The number of carbonyl (C=O) groups is 1. The van der Waals surface area contributed by atoms with Crippen LogP contribution in [-0.2, 0) is 4.79 Å². The first kappa shape index (κ1) is 14.2. The van der Waals surface area contributed by atoms with Gasteiger partial charge in [-0.1, -0.05) is 0 Å². The Bertz CT molecular complexity index is 526. The normalized spacial score (nSPS) is 13.7. The fourth-order valence-electron chi connectivity index (χ4n) is 1.82. The minimum Gasteiger partial charge on any atom is -0.325 e. The van der Waals surface area contributed by atoms with Gasteiger partial charge in [-0.3, -0.25) is 14.5 Å². The van der Waals surface area contributed by atoms with Crippen LogP contribution in [0.25, 0.3) is 0 Å². The maximum atomic E-state index is 11.8. The van der Waals surface area contributed by atoms with E-state index >= 15 is 0 Å². The minimum atomic E-state index is -0.0734. The largest absolute Gasteiger partial charge is 0.325 e. The zero-order chi connectivity index (χ0) is 14.4. The molecule has 0 spiro atoms. The van der Waals surface area contributed by atoms with Gasteiger partial charge in [-0.2, -0.15) is 5.10 Å². The van der Waals surface area contributed by atoms with Gasteiger partial charge in [-0.05, 0) is 32.0 Å². The van der Waals surface area contributed by atoms with Crippen LogP contribution in [0.1, 0.15) is 19.9 Å². The van der Waals surface area contributed by atoms with Crippen LogP contribution < -0.4 is 10.6 Å². The molecular weight excluding hydrogens is 254 g/mol. The van der Waals surface area contributed by atoms with Crippen molar-refractivity contribution in [1.82, 2.24) is 20.1 Å². The molecule has 0 saturated carbocycles. The second-order valence-corrected chi connectivity index (χ2v) is 4.68. The second kappa shape index (κ2) is 6.81. The predicted molar refractivity (Wildman–Crippen MR) is 77.3 cm³/mol. The van der Waals surface area contributed by atoms with Crippen LogP contribution in [0.3, 0.4) is 0 Å². The minimum absolute atomic E-state index is 0.0734. The van der Waals surface area contributed by atoms with Gasteiger partial charge >= 0.3 is 0 Å². The Morgan fingerprint density at radius 1 is 1.30 bits per heavy atom. The first-order valence-electron chi connectivity index (χ1n) is 6.59. The lowest BCUT2D eigenvalue weighted by Crippen LogP contribution is -2.39. The first-order chi connectivity index (χ1) is 9.66. The van der Waals surface area contributed by atoms with Crippen molar-refractivity contribution in [3.05, 3.63) is 43.0 Å². The van der Waals surface area contributed by atoms with Crippen LogP contribution in [-0.4, -0.2) is 33.3 Å². The van der Waals surface area contributed by atoms with Gasteiger partial charge in [0.25, 0.3) is 0 Å². The highest BCUT2D eigenvalue weighted by molar-refractivity contribution is 5.92. The van der Waals surface area contributed by atoms with Crippen LogP contribution in [0, 0.1) is 0 Å². The molecule has 0 unspecified atom stereocenters. The van der Waals surface area contributed by atoms with E-state index in [1.54, 1.807) is 30.7 Å². The van der Waals surface area contributed by atoms with E-state index in [1.807, 2.05) is 23.9 Å². The lowest BCUT2D eigenvalue weighted by atomic mass is 10.2. The molecule has 2 atom stereocenters. The monoisotopic (exact) mass is 273 g/mol. The molecule has 0 fully saturated rings. The molecule has 0 aliphatic heterocycles. The van der Waals surface area contributed by atoms with E-state index < -0.39 is 0 Å².